The van der Waals surface area contributed by atoms with Gasteiger partial charge in [-0.05, 0) is 55.5 Å². The van der Waals surface area contributed by atoms with Crippen molar-refractivity contribution in [3.8, 4) is 28.6 Å². The summed E-state index contributed by atoms with van der Waals surface area (Å²) in [7, 11) is 3.33. The lowest BCUT2D eigenvalue weighted by Crippen LogP contribution is -1.96. The SMILES string of the molecule is COc1ccc(-c2nc(C)cn2-c2ccc(OC)cc2)cc1. The Morgan fingerprint density at radius 1 is 0.818 bits per heavy atom. The van der Waals surface area contributed by atoms with Crippen LogP contribution in [0.2, 0.25) is 0 Å². The van der Waals surface area contributed by atoms with Gasteiger partial charge < -0.3 is 9.47 Å². The van der Waals surface area contributed by atoms with Gasteiger partial charge in [-0.1, -0.05) is 0 Å². The number of hydrogen-bond acceptors (Lipinski definition) is 3. The van der Waals surface area contributed by atoms with Gasteiger partial charge in [0.1, 0.15) is 17.3 Å². The standard InChI is InChI=1S/C18H18N2O2/c1-13-12-20(15-6-10-17(22-3)11-7-15)18(19-13)14-4-8-16(21-2)9-5-14/h4-12H,1-3H3. The molecule has 1 heterocycles. The smallest absolute Gasteiger partial charge is 0.144 e. The van der Waals surface area contributed by atoms with Crippen molar-refractivity contribution in [1.82, 2.24) is 9.55 Å². The number of hydrogen-bond donors (Lipinski definition) is 0. The predicted octanol–water partition coefficient (Wildman–Crippen LogP) is 3.86. The largest absolute Gasteiger partial charge is 0.497 e. The quantitative estimate of drug-likeness (QED) is 0.733. The molecule has 3 rings (SSSR count). The Morgan fingerprint density at radius 3 is 1.91 bits per heavy atom. The molecule has 0 aliphatic heterocycles. The van der Waals surface area contributed by atoms with E-state index in [9.17, 15) is 0 Å². The number of imidazole rings is 1. The van der Waals surface area contributed by atoms with Crippen LogP contribution in [0.1, 0.15) is 5.69 Å². The first-order chi connectivity index (χ1) is 10.7. The summed E-state index contributed by atoms with van der Waals surface area (Å²) in [5.41, 5.74) is 3.07. The van der Waals surface area contributed by atoms with Crippen molar-refractivity contribution in [2.45, 2.75) is 6.92 Å². The second kappa shape index (κ2) is 5.93. The summed E-state index contributed by atoms with van der Waals surface area (Å²) in [6, 6.07) is 15.8. The molecule has 0 saturated carbocycles. The summed E-state index contributed by atoms with van der Waals surface area (Å²) in [6.07, 6.45) is 2.03. The maximum Gasteiger partial charge on any atom is 0.144 e. The molecule has 2 aromatic carbocycles. The molecule has 112 valence electrons. The molecular formula is C18H18N2O2. The van der Waals surface area contributed by atoms with Gasteiger partial charge in [-0.15, -0.1) is 0 Å². The lowest BCUT2D eigenvalue weighted by Gasteiger charge is -2.09. The van der Waals surface area contributed by atoms with E-state index in [1.54, 1.807) is 14.2 Å². The Bertz CT molecular complexity index is 694. The molecule has 0 aliphatic rings. The maximum atomic E-state index is 5.21. The highest BCUT2D eigenvalue weighted by Gasteiger charge is 2.10. The number of ether oxygens (including phenoxy) is 2. The average Bonchev–Trinajstić information content (AvgIpc) is 2.97. The van der Waals surface area contributed by atoms with Crippen LogP contribution in [0.5, 0.6) is 11.5 Å². The van der Waals surface area contributed by atoms with E-state index < -0.39 is 0 Å². The molecule has 0 bridgehead atoms. The Balaban J connectivity index is 2.04. The Hall–Kier alpha value is -2.75. The number of rotatable bonds is 4. The normalized spacial score (nSPS) is 10.5. The van der Waals surface area contributed by atoms with Gasteiger partial charge in [-0.25, -0.2) is 4.98 Å². The minimum absolute atomic E-state index is 0.836. The first-order valence-corrected chi connectivity index (χ1v) is 7.06. The lowest BCUT2D eigenvalue weighted by atomic mass is 10.2. The summed E-state index contributed by atoms with van der Waals surface area (Å²) in [6.45, 7) is 1.99. The van der Waals surface area contributed by atoms with Gasteiger partial charge in [0.2, 0.25) is 0 Å². The van der Waals surface area contributed by atoms with E-state index >= 15 is 0 Å². The summed E-state index contributed by atoms with van der Waals surface area (Å²) in [5.74, 6) is 2.58. The van der Waals surface area contributed by atoms with Crippen molar-refractivity contribution >= 4 is 0 Å². The number of aryl methyl sites for hydroxylation is 1. The van der Waals surface area contributed by atoms with Crippen molar-refractivity contribution in [2.24, 2.45) is 0 Å². The van der Waals surface area contributed by atoms with Gasteiger partial charge >= 0.3 is 0 Å². The predicted molar refractivity (Wildman–Crippen MR) is 86.8 cm³/mol. The minimum atomic E-state index is 0.836. The fourth-order valence-corrected chi connectivity index (χ4v) is 2.38. The van der Waals surface area contributed by atoms with E-state index in [1.807, 2.05) is 61.7 Å². The van der Waals surface area contributed by atoms with Crippen molar-refractivity contribution in [3.05, 3.63) is 60.4 Å². The summed E-state index contributed by atoms with van der Waals surface area (Å²) < 4.78 is 12.5. The highest BCUT2D eigenvalue weighted by molar-refractivity contribution is 5.60. The maximum absolute atomic E-state index is 5.21. The van der Waals surface area contributed by atoms with E-state index in [2.05, 4.69) is 9.55 Å². The molecule has 0 radical (unpaired) electrons. The summed E-state index contributed by atoms with van der Waals surface area (Å²) >= 11 is 0. The van der Waals surface area contributed by atoms with Gasteiger partial charge in [0, 0.05) is 17.4 Å². The minimum Gasteiger partial charge on any atom is -0.497 e. The first-order valence-electron chi connectivity index (χ1n) is 7.06. The Kier molecular flexibility index (Phi) is 3.83. The van der Waals surface area contributed by atoms with Crippen molar-refractivity contribution in [2.75, 3.05) is 14.2 Å². The van der Waals surface area contributed by atoms with Crippen molar-refractivity contribution in [3.63, 3.8) is 0 Å². The summed E-state index contributed by atoms with van der Waals surface area (Å²) in [5, 5.41) is 0. The van der Waals surface area contributed by atoms with Gasteiger partial charge in [-0.2, -0.15) is 0 Å². The third kappa shape index (κ3) is 2.68. The molecular weight excluding hydrogens is 276 g/mol. The molecule has 0 fully saturated rings. The van der Waals surface area contributed by atoms with Crippen LogP contribution in [0, 0.1) is 6.92 Å². The fourth-order valence-electron chi connectivity index (χ4n) is 2.38. The molecule has 0 saturated heterocycles. The summed E-state index contributed by atoms with van der Waals surface area (Å²) in [4.78, 5) is 4.65. The van der Waals surface area contributed by atoms with Crippen molar-refractivity contribution < 1.29 is 9.47 Å². The second-order valence-corrected chi connectivity index (χ2v) is 5.00. The molecule has 3 aromatic rings. The van der Waals surface area contributed by atoms with Gasteiger partial charge in [0.25, 0.3) is 0 Å². The molecule has 0 atom stereocenters. The van der Waals surface area contributed by atoms with E-state index in [-0.39, 0.29) is 0 Å². The van der Waals surface area contributed by atoms with Crippen LogP contribution < -0.4 is 9.47 Å². The van der Waals surface area contributed by atoms with Crippen LogP contribution in [0.3, 0.4) is 0 Å². The highest BCUT2D eigenvalue weighted by atomic mass is 16.5. The molecule has 0 unspecified atom stereocenters. The molecule has 0 spiro atoms. The van der Waals surface area contributed by atoms with Crippen LogP contribution in [0.4, 0.5) is 0 Å². The van der Waals surface area contributed by atoms with Gasteiger partial charge in [0.15, 0.2) is 0 Å². The topological polar surface area (TPSA) is 36.3 Å². The fraction of sp³-hybridized carbons (Fsp3) is 0.167. The monoisotopic (exact) mass is 294 g/mol. The Morgan fingerprint density at radius 2 is 1.36 bits per heavy atom. The zero-order valence-electron chi connectivity index (χ0n) is 12.9. The third-order valence-corrected chi connectivity index (χ3v) is 3.53. The number of benzene rings is 2. The highest BCUT2D eigenvalue weighted by Crippen LogP contribution is 2.25. The van der Waals surface area contributed by atoms with Gasteiger partial charge in [-0.3, -0.25) is 4.57 Å². The zero-order valence-corrected chi connectivity index (χ0v) is 12.9. The van der Waals surface area contributed by atoms with E-state index in [0.717, 1.165) is 34.3 Å². The van der Waals surface area contributed by atoms with Gasteiger partial charge in [0.05, 0.1) is 19.9 Å². The molecule has 0 amide bonds. The second-order valence-electron chi connectivity index (χ2n) is 5.00. The average molecular weight is 294 g/mol. The molecule has 22 heavy (non-hydrogen) atoms. The lowest BCUT2D eigenvalue weighted by molar-refractivity contribution is 0.414. The molecule has 0 N–H and O–H groups in total. The van der Waals surface area contributed by atoms with Crippen LogP contribution >= 0.6 is 0 Å². The van der Waals surface area contributed by atoms with Crippen LogP contribution in [0.25, 0.3) is 17.1 Å². The van der Waals surface area contributed by atoms with E-state index in [0.29, 0.717) is 0 Å². The third-order valence-electron chi connectivity index (χ3n) is 3.53. The number of nitrogens with zero attached hydrogens (tertiary/aromatic N) is 2. The number of aromatic nitrogens is 2. The van der Waals surface area contributed by atoms with Crippen LogP contribution in [-0.4, -0.2) is 23.8 Å². The Labute approximate surface area is 130 Å². The van der Waals surface area contributed by atoms with E-state index in [4.69, 9.17) is 9.47 Å². The molecule has 0 aliphatic carbocycles. The zero-order chi connectivity index (χ0) is 15.5. The van der Waals surface area contributed by atoms with Crippen LogP contribution in [-0.2, 0) is 0 Å². The molecule has 1 aromatic heterocycles. The molecule has 4 nitrogen and oxygen atoms in total. The van der Waals surface area contributed by atoms with Crippen LogP contribution in [0.15, 0.2) is 54.7 Å². The molecule has 4 heteroatoms. The number of methoxy groups -OCH3 is 2. The van der Waals surface area contributed by atoms with Crippen molar-refractivity contribution in [1.29, 1.82) is 0 Å². The van der Waals surface area contributed by atoms with E-state index in [1.165, 1.54) is 0 Å². The first kappa shape index (κ1) is 14.2.